The predicted molar refractivity (Wildman–Crippen MR) is 183 cm³/mol. The van der Waals surface area contributed by atoms with Gasteiger partial charge in [0.25, 0.3) is 17.4 Å². The van der Waals surface area contributed by atoms with E-state index >= 15 is 0 Å². The molecule has 0 aliphatic carbocycles. The number of hydroxylamine groups is 2. The highest BCUT2D eigenvalue weighted by Gasteiger charge is 2.58. The molecule has 1 aromatic heterocycles. The minimum atomic E-state index is -5.03. The van der Waals surface area contributed by atoms with Crippen molar-refractivity contribution in [1.82, 2.24) is 26.0 Å². The van der Waals surface area contributed by atoms with Gasteiger partial charge in [-0.3, -0.25) is 19.1 Å². The number of aromatic nitrogens is 1. The number of thiazole rings is 1. The maximum atomic E-state index is 13.5. The average molecular weight is 753 g/mol. The van der Waals surface area contributed by atoms with E-state index in [1.807, 2.05) is 12.1 Å². The number of nitrogen functional groups attached to an aromatic ring is 1. The van der Waals surface area contributed by atoms with Crippen molar-refractivity contribution in [3.05, 3.63) is 40.4 Å². The summed E-state index contributed by atoms with van der Waals surface area (Å²) in [6, 6.07) is 4.24. The third-order valence-corrected chi connectivity index (χ3v) is 9.87. The number of hydrogen-bond acceptors (Lipinski definition) is 17. The van der Waals surface area contributed by atoms with E-state index in [1.54, 1.807) is 6.07 Å². The summed E-state index contributed by atoms with van der Waals surface area (Å²) < 4.78 is 41.8. The Kier molecular flexibility index (Phi) is 10.7. The fraction of sp³-hybridized carbons (Fsp3) is 0.517. The Morgan fingerprint density at radius 3 is 2.61 bits per heavy atom. The Bertz CT molecular complexity index is 1850. The normalized spacial score (nSPS) is 22.8. The van der Waals surface area contributed by atoms with Crippen molar-refractivity contribution in [3.63, 3.8) is 0 Å². The number of rotatable bonds is 13. The smallest absolute Gasteiger partial charge is 0.418 e. The van der Waals surface area contributed by atoms with Crippen molar-refractivity contribution in [2.24, 2.45) is 21.6 Å². The number of nitrogens with zero attached hydrogens (tertiary/aromatic N) is 4. The molecule has 278 valence electrons. The number of anilines is 1. The lowest BCUT2D eigenvalue weighted by Crippen LogP contribution is -2.76. The monoisotopic (exact) mass is 752 g/mol. The highest BCUT2D eigenvalue weighted by molar-refractivity contribution is 7.80. The lowest BCUT2D eigenvalue weighted by Gasteiger charge is -2.50. The summed E-state index contributed by atoms with van der Waals surface area (Å²) in [5.74, 6) is -2.25. The van der Waals surface area contributed by atoms with Crippen LogP contribution in [0.1, 0.15) is 49.9 Å². The minimum Gasteiger partial charge on any atom is -0.485 e. The molecule has 0 saturated carbocycles. The summed E-state index contributed by atoms with van der Waals surface area (Å²) in [6.07, 6.45) is -0.373. The number of nitrogens with one attached hydrogen (secondary N) is 3. The zero-order chi connectivity index (χ0) is 37.3. The van der Waals surface area contributed by atoms with Gasteiger partial charge in [-0.15, -0.1) is 15.6 Å². The summed E-state index contributed by atoms with van der Waals surface area (Å²) in [4.78, 5) is 53.0. The zero-order valence-electron chi connectivity index (χ0n) is 27.9. The second-order valence-corrected chi connectivity index (χ2v) is 14.7. The Labute approximate surface area is 296 Å². The van der Waals surface area contributed by atoms with Crippen LogP contribution < -0.4 is 37.9 Å². The van der Waals surface area contributed by atoms with Gasteiger partial charge in [-0.25, -0.2) is 9.78 Å². The van der Waals surface area contributed by atoms with Gasteiger partial charge in [-0.1, -0.05) is 17.3 Å². The number of guanidine groups is 1. The van der Waals surface area contributed by atoms with E-state index in [0.29, 0.717) is 49.4 Å². The molecule has 1 fully saturated rings. The van der Waals surface area contributed by atoms with Gasteiger partial charge in [0.1, 0.15) is 17.5 Å². The first kappa shape index (κ1) is 37.6. The number of hydrogen-bond donors (Lipinski definition) is 8. The van der Waals surface area contributed by atoms with Crippen LogP contribution in [0, 0.1) is 0 Å². The standard InChI is InChI=1S/C29H40N10O10S2/c1-28(2)22(24(41)39(28)49-51(44,45)46)37-23(40)21(18-13-50-26(32)36-18)38-48-29(3,25(42)43)20-7-5-15-8-14(4-6-19(15)47-20)16-11-33-27(34-12-16)35-17(9-30)10-31/h4,6,8,13,16-17,20,22H,5,7,9-12,30-31H2,1-3H3,(H2,32,36)(H,37,40)(H,42,43)(H2,33,34,35)(H,44,45,46)/b38-21-/t20-,22-,29+/m1/s1. The van der Waals surface area contributed by atoms with E-state index in [0.717, 1.165) is 22.5 Å². The Hall–Kier alpha value is -4.61. The molecule has 0 bridgehead atoms. The van der Waals surface area contributed by atoms with Gasteiger partial charge < -0.3 is 47.8 Å². The van der Waals surface area contributed by atoms with Crippen molar-refractivity contribution >= 4 is 56.3 Å². The van der Waals surface area contributed by atoms with Crippen molar-refractivity contribution in [2.75, 3.05) is 31.9 Å². The minimum absolute atomic E-state index is 0.0608. The average Bonchev–Trinajstić information content (AvgIpc) is 3.53. The molecular weight excluding hydrogens is 713 g/mol. The molecule has 2 amide bonds. The van der Waals surface area contributed by atoms with E-state index in [-0.39, 0.29) is 29.2 Å². The third-order valence-electron chi connectivity index (χ3n) is 8.86. The van der Waals surface area contributed by atoms with Gasteiger partial charge in [-0.05, 0) is 50.8 Å². The van der Waals surface area contributed by atoms with Gasteiger partial charge in [0.15, 0.2) is 22.9 Å². The molecule has 0 spiro atoms. The third kappa shape index (κ3) is 7.99. The SMILES string of the molecule is CC1(C)[C@H](NC(=O)/C(=N\O[C@](C)(C(=O)O)[C@H]2CCc3cc(C4CN=C(NC(CN)CN)NC4)ccc3O2)c2csc(N)n2)C(=O)N1OS(=O)(=O)O. The molecule has 20 nitrogen and oxygen atoms in total. The predicted octanol–water partition coefficient (Wildman–Crippen LogP) is -1.56. The lowest BCUT2D eigenvalue weighted by atomic mass is 9.84. The van der Waals surface area contributed by atoms with E-state index in [4.69, 9.17) is 31.3 Å². The Morgan fingerprint density at radius 1 is 1.31 bits per heavy atom. The molecule has 51 heavy (non-hydrogen) atoms. The molecule has 5 rings (SSSR count). The first-order valence-electron chi connectivity index (χ1n) is 15.7. The number of carbonyl (C=O) groups is 3. The molecule has 1 unspecified atom stereocenters. The van der Waals surface area contributed by atoms with Crippen LogP contribution in [0.15, 0.2) is 33.7 Å². The second-order valence-electron chi connectivity index (χ2n) is 12.8. The van der Waals surface area contributed by atoms with Gasteiger partial charge in [0, 0.05) is 30.9 Å². The highest BCUT2D eigenvalue weighted by atomic mass is 32.3. The Morgan fingerprint density at radius 2 is 2.04 bits per heavy atom. The number of fused-ring (bicyclic) bond motifs is 1. The van der Waals surface area contributed by atoms with Crippen LogP contribution in [0.25, 0.3) is 0 Å². The largest absolute Gasteiger partial charge is 0.485 e. The molecule has 11 N–H and O–H groups in total. The van der Waals surface area contributed by atoms with Crippen LogP contribution in [0.3, 0.4) is 0 Å². The van der Waals surface area contributed by atoms with Crippen LogP contribution >= 0.6 is 11.3 Å². The van der Waals surface area contributed by atoms with Crippen molar-refractivity contribution in [1.29, 1.82) is 0 Å². The molecule has 3 aliphatic heterocycles. The van der Waals surface area contributed by atoms with Crippen LogP contribution in [-0.2, 0) is 40.3 Å². The van der Waals surface area contributed by atoms with E-state index in [1.165, 1.54) is 26.2 Å². The number of nitrogens with two attached hydrogens (primary N) is 3. The first-order valence-corrected chi connectivity index (χ1v) is 18.0. The van der Waals surface area contributed by atoms with Crippen LogP contribution in [-0.4, -0.2) is 113 Å². The number of carbonyl (C=O) groups excluding carboxylic acids is 2. The summed E-state index contributed by atoms with van der Waals surface area (Å²) >= 11 is 0.968. The van der Waals surface area contributed by atoms with Gasteiger partial charge >= 0.3 is 16.4 Å². The number of β-lactam (4-membered cyclic amide) rings is 1. The number of carboxylic acid groups (broad SMARTS) is 1. The molecule has 3 aliphatic rings. The van der Waals surface area contributed by atoms with E-state index in [9.17, 15) is 27.9 Å². The molecule has 1 saturated heterocycles. The fourth-order valence-electron chi connectivity index (χ4n) is 5.72. The van der Waals surface area contributed by atoms with Gasteiger partial charge in [0.05, 0.1) is 18.1 Å². The molecule has 0 radical (unpaired) electrons. The molecule has 1 aromatic carbocycles. The maximum Gasteiger partial charge on any atom is 0.418 e. The second kappa shape index (κ2) is 14.6. The number of oxime groups is 1. The van der Waals surface area contributed by atoms with E-state index in [2.05, 4.69) is 35.4 Å². The molecule has 4 heterocycles. The number of ether oxygens (including phenoxy) is 1. The number of aliphatic carboxylic acids is 1. The summed E-state index contributed by atoms with van der Waals surface area (Å²) in [6.45, 7) is 5.92. The van der Waals surface area contributed by atoms with Crippen molar-refractivity contribution in [2.45, 2.75) is 68.9 Å². The summed E-state index contributed by atoms with van der Waals surface area (Å²) in [7, 11) is -5.03. The fourth-order valence-corrected chi connectivity index (χ4v) is 6.72. The summed E-state index contributed by atoms with van der Waals surface area (Å²) in [5, 5.41) is 24.9. The molecule has 4 atom stereocenters. The van der Waals surface area contributed by atoms with Crippen molar-refractivity contribution in [3.8, 4) is 5.75 Å². The molecular formula is C29H40N10O10S2. The number of aryl methyl sites for hydroxylation is 1. The maximum absolute atomic E-state index is 13.5. The first-order chi connectivity index (χ1) is 24.0. The summed E-state index contributed by atoms with van der Waals surface area (Å²) in [5.41, 5.74) is 15.0. The topological polar surface area (TPSA) is 309 Å². The number of aliphatic imine (C=N–C) groups is 1. The van der Waals surface area contributed by atoms with Gasteiger partial charge in [-0.2, -0.15) is 13.5 Å². The highest BCUT2D eigenvalue weighted by Crippen LogP contribution is 2.36. The number of amides is 2. The number of benzene rings is 1. The van der Waals surface area contributed by atoms with Gasteiger partial charge in [0.2, 0.25) is 0 Å². The van der Waals surface area contributed by atoms with Crippen LogP contribution in [0.4, 0.5) is 5.13 Å². The Balaban J connectivity index is 1.31. The number of carboxylic acids is 1. The van der Waals surface area contributed by atoms with Crippen molar-refractivity contribution < 1.29 is 46.3 Å². The molecule has 2 aromatic rings. The quantitative estimate of drug-likeness (QED) is 0.0497. The van der Waals surface area contributed by atoms with Crippen LogP contribution in [0.5, 0.6) is 5.75 Å². The molecule has 22 heteroatoms. The lowest BCUT2D eigenvalue weighted by molar-refractivity contribution is -0.218. The van der Waals surface area contributed by atoms with E-state index < -0.39 is 57.2 Å². The van der Waals surface area contributed by atoms with Crippen LogP contribution in [0.2, 0.25) is 0 Å². The zero-order valence-corrected chi connectivity index (χ0v) is 29.5.